The van der Waals surface area contributed by atoms with E-state index in [1.807, 2.05) is 59.7 Å². The van der Waals surface area contributed by atoms with Gasteiger partial charge >= 0.3 is 5.97 Å². The fourth-order valence-electron chi connectivity index (χ4n) is 1.54. The number of hydrogen-bond acceptors (Lipinski definition) is 3. The van der Waals surface area contributed by atoms with Crippen molar-refractivity contribution in [2.45, 2.75) is 34.6 Å². The van der Waals surface area contributed by atoms with E-state index in [4.69, 9.17) is 4.74 Å². The van der Waals surface area contributed by atoms with Gasteiger partial charge in [-0.3, -0.25) is 4.79 Å². The van der Waals surface area contributed by atoms with Crippen LogP contribution in [-0.2, 0) is 9.53 Å². The van der Waals surface area contributed by atoms with Gasteiger partial charge in [0.25, 0.3) is 0 Å². The molecule has 0 aromatic carbocycles. The average molecular weight is 241 g/mol. The normalized spacial score (nSPS) is 14.6. The minimum absolute atomic E-state index is 0.129. The summed E-state index contributed by atoms with van der Waals surface area (Å²) >= 11 is 0. The van der Waals surface area contributed by atoms with Gasteiger partial charge in [0.05, 0.1) is 5.41 Å². The van der Waals surface area contributed by atoms with E-state index < -0.39 is 5.41 Å². The van der Waals surface area contributed by atoms with Crippen LogP contribution in [0.3, 0.4) is 0 Å². The van der Waals surface area contributed by atoms with Gasteiger partial charge in [0.15, 0.2) is 0 Å². The van der Waals surface area contributed by atoms with Crippen molar-refractivity contribution in [3.05, 3.63) is 11.6 Å². The summed E-state index contributed by atoms with van der Waals surface area (Å²) < 4.78 is 5.36. The van der Waals surface area contributed by atoms with Crippen LogP contribution in [0.2, 0.25) is 0 Å². The third kappa shape index (κ3) is 5.35. The van der Waals surface area contributed by atoms with Crippen LogP contribution in [0, 0.1) is 11.3 Å². The fourth-order valence-corrected chi connectivity index (χ4v) is 1.54. The Labute approximate surface area is 106 Å². The summed E-state index contributed by atoms with van der Waals surface area (Å²) in [4.78, 5) is 14.1. The average Bonchev–Trinajstić information content (AvgIpc) is 2.15. The van der Waals surface area contributed by atoms with Crippen molar-refractivity contribution in [1.82, 2.24) is 4.90 Å². The highest BCUT2D eigenvalue weighted by Crippen LogP contribution is 2.31. The summed E-state index contributed by atoms with van der Waals surface area (Å²) in [5.74, 6) is 0.0970. The van der Waals surface area contributed by atoms with E-state index in [9.17, 15) is 4.79 Å². The molecule has 0 aliphatic rings. The van der Waals surface area contributed by atoms with Gasteiger partial charge in [-0.05, 0) is 40.8 Å². The summed E-state index contributed by atoms with van der Waals surface area (Å²) in [6.07, 6.45) is 2.01. The van der Waals surface area contributed by atoms with Crippen LogP contribution >= 0.6 is 0 Å². The van der Waals surface area contributed by atoms with Gasteiger partial charge in [-0.1, -0.05) is 25.5 Å². The maximum atomic E-state index is 12.1. The van der Waals surface area contributed by atoms with Gasteiger partial charge in [-0.25, -0.2) is 0 Å². The highest BCUT2D eigenvalue weighted by molar-refractivity contribution is 5.79. The van der Waals surface area contributed by atoms with Crippen LogP contribution in [0.15, 0.2) is 11.6 Å². The molecule has 100 valence electrons. The Balaban J connectivity index is 4.62. The number of rotatable bonds is 6. The fraction of sp³-hybridized carbons (Fsp3) is 0.786. The van der Waals surface area contributed by atoms with Crippen molar-refractivity contribution in [3.8, 4) is 0 Å². The summed E-state index contributed by atoms with van der Waals surface area (Å²) in [6.45, 7) is 11.3. The molecule has 1 atom stereocenters. The van der Waals surface area contributed by atoms with Crippen LogP contribution in [0.4, 0.5) is 0 Å². The molecule has 0 rings (SSSR count). The minimum Gasteiger partial charge on any atom is -0.464 e. The Morgan fingerprint density at radius 3 is 2.24 bits per heavy atom. The van der Waals surface area contributed by atoms with Gasteiger partial charge in [0.2, 0.25) is 0 Å². The molecule has 3 nitrogen and oxygen atoms in total. The summed E-state index contributed by atoms with van der Waals surface area (Å²) in [5.41, 5.74) is 0.622. The number of likely N-dealkylation sites (N-methyl/N-ethyl adjacent to an activating group) is 1. The molecule has 0 fully saturated rings. The third-order valence-electron chi connectivity index (χ3n) is 3.00. The lowest BCUT2D eigenvalue weighted by molar-refractivity contribution is -0.154. The Morgan fingerprint density at radius 2 is 1.88 bits per heavy atom. The van der Waals surface area contributed by atoms with E-state index in [-0.39, 0.29) is 11.9 Å². The molecule has 0 amide bonds. The largest absolute Gasteiger partial charge is 0.464 e. The number of hydrogen-bond donors (Lipinski definition) is 0. The monoisotopic (exact) mass is 241 g/mol. The predicted molar refractivity (Wildman–Crippen MR) is 71.9 cm³/mol. The molecule has 0 spiro atoms. The lowest BCUT2D eigenvalue weighted by Crippen LogP contribution is -2.35. The molecule has 17 heavy (non-hydrogen) atoms. The maximum Gasteiger partial charge on any atom is 0.315 e. The number of carbonyl (C=O) groups excluding carboxylic acids is 1. The first kappa shape index (κ1) is 16.2. The number of allylic oxidation sites excluding steroid dienone is 1. The topological polar surface area (TPSA) is 29.5 Å². The van der Waals surface area contributed by atoms with Crippen LogP contribution in [0.25, 0.3) is 0 Å². The summed E-state index contributed by atoms with van der Waals surface area (Å²) in [5, 5.41) is 0. The molecule has 0 saturated carbocycles. The van der Waals surface area contributed by atoms with Crippen LogP contribution in [-0.4, -0.2) is 38.1 Å². The Morgan fingerprint density at radius 1 is 1.35 bits per heavy atom. The van der Waals surface area contributed by atoms with Crippen LogP contribution < -0.4 is 0 Å². The first-order valence-corrected chi connectivity index (χ1v) is 6.18. The molecule has 0 aromatic rings. The van der Waals surface area contributed by atoms with Gasteiger partial charge in [-0.15, -0.1) is 0 Å². The predicted octanol–water partition coefficient (Wildman–Crippen LogP) is 2.72. The van der Waals surface area contributed by atoms with Crippen molar-refractivity contribution in [2.24, 2.45) is 11.3 Å². The molecule has 0 radical (unpaired) electrons. The minimum atomic E-state index is -0.523. The van der Waals surface area contributed by atoms with Crippen LogP contribution in [0.1, 0.15) is 34.6 Å². The molecule has 0 heterocycles. The van der Waals surface area contributed by atoms with E-state index in [1.165, 1.54) is 0 Å². The van der Waals surface area contributed by atoms with E-state index >= 15 is 0 Å². The first-order chi connectivity index (χ1) is 7.70. The highest BCUT2D eigenvalue weighted by atomic mass is 16.5. The molecule has 0 saturated heterocycles. The quantitative estimate of drug-likeness (QED) is 0.529. The molecule has 0 aromatic heterocycles. The van der Waals surface area contributed by atoms with E-state index in [0.29, 0.717) is 6.61 Å². The van der Waals surface area contributed by atoms with Crippen molar-refractivity contribution in [1.29, 1.82) is 0 Å². The Hall–Kier alpha value is -0.830. The Bertz CT molecular complexity index is 278. The van der Waals surface area contributed by atoms with Crippen molar-refractivity contribution in [2.75, 3.05) is 27.2 Å². The van der Waals surface area contributed by atoms with E-state index in [1.54, 1.807) is 0 Å². The third-order valence-corrected chi connectivity index (χ3v) is 3.00. The zero-order valence-electron chi connectivity index (χ0n) is 12.3. The Kier molecular flexibility index (Phi) is 6.46. The molecule has 3 heteroatoms. The molecule has 0 aliphatic heterocycles. The molecule has 0 aliphatic carbocycles. The zero-order chi connectivity index (χ0) is 13.6. The van der Waals surface area contributed by atoms with Gasteiger partial charge in [0.1, 0.15) is 6.61 Å². The molecular weight excluding hydrogens is 214 g/mol. The smallest absolute Gasteiger partial charge is 0.315 e. The zero-order valence-corrected chi connectivity index (χ0v) is 12.3. The number of carbonyl (C=O) groups is 1. The van der Waals surface area contributed by atoms with Crippen molar-refractivity contribution in [3.63, 3.8) is 0 Å². The first-order valence-electron chi connectivity index (χ1n) is 6.18. The molecule has 1 unspecified atom stereocenters. The van der Waals surface area contributed by atoms with Crippen molar-refractivity contribution >= 4 is 5.97 Å². The molecular formula is C14H27NO2. The number of ether oxygens (including phenoxy) is 1. The second-order valence-corrected chi connectivity index (χ2v) is 5.60. The second kappa shape index (κ2) is 6.80. The van der Waals surface area contributed by atoms with E-state index in [0.717, 1.165) is 12.1 Å². The second-order valence-electron chi connectivity index (χ2n) is 5.60. The maximum absolute atomic E-state index is 12.1. The number of nitrogens with zero attached hydrogens (tertiary/aromatic N) is 1. The van der Waals surface area contributed by atoms with Gasteiger partial charge < -0.3 is 9.64 Å². The number of esters is 1. The van der Waals surface area contributed by atoms with Crippen molar-refractivity contribution < 1.29 is 9.53 Å². The standard InChI is InChI=1S/C14H27NO2/c1-11(2)10-14(5,12(3)4)13(16)17-9-8-15(6)7/h10,12H,8-9H2,1-7H3. The molecule has 0 bridgehead atoms. The van der Waals surface area contributed by atoms with E-state index in [2.05, 4.69) is 0 Å². The SMILES string of the molecule is CC(C)=CC(C)(C(=O)OCCN(C)C)C(C)C. The van der Waals surface area contributed by atoms with Crippen LogP contribution in [0.5, 0.6) is 0 Å². The summed E-state index contributed by atoms with van der Waals surface area (Å²) in [7, 11) is 3.93. The van der Waals surface area contributed by atoms with Gasteiger partial charge in [-0.2, -0.15) is 0 Å². The lowest BCUT2D eigenvalue weighted by atomic mass is 9.78. The summed E-state index contributed by atoms with van der Waals surface area (Å²) in [6, 6.07) is 0. The lowest BCUT2D eigenvalue weighted by Gasteiger charge is -2.29. The molecule has 0 N–H and O–H groups in total. The van der Waals surface area contributed by atoms with Gasteiger partial charge in [0, 0.05) is 6.54 Å². The highest BCUT2D eigenvalue weighted by Gasteiger charge is 2.35.